The summed E-state index contributed by atoms with van der Waals surface area (Å²) in [6, 6.07) is 3.20. The van der Waals surface area contributed by atoms with E-state index in [4.69, 9.17) is 40.4 Å². The van der Waals surface area contributed by atoms with Crippen LogP contribution in [0, 0.1) is 29.1 Å². The van der Waals surface area contributed by atoms with Crippen LogP contribution in [-0.4, -0.2) is 190 Å². The first kappa shape index (κ1) is 91.4. The summed E-state index contributed by atoms with van der Waals surface area (Å²) in [5, 5.41) is 40.7. The van der Waals surface area contributed by atoms with E-state index < -0.39 is 69.7 Å². The molecule has 0 aliphatic rings. The molecule has 0 aliphatic heterocycles. The number of Topliss-reactive ketones (excluding diaryl/α,β-unsaturated/α-hetero) is 5. The average Bonchev–Trinajstić information content (AvgIpc) is 0.844. The number of benzene rings is 1. The summed E-state index contributed by atoms with van der Waals surface area (Å²) in [5.41, 5.74) is 12.0. The molecule has 0 aromatic heterocycles. The van der Waals surface area contributed by atoms with Gasteiger partial charge in [0.1, 0.15) is 36.6 Å². The van der Waals surface area contributed by atoms with E-state index in [9.17, 15) is 71.4 Å². The first-order chi connectivity index (χ1) is 47.6. The number of ketones is 5. The minimum atomic E-state index is -3.87. The lowest BCUT2D eigenvalue weighted by atomic mass is 9.77. The number of aliphatic carboxylic acids is 1. The number of carboxylic acid groups (broad SMARTS) is 1. The van der Waals surface area contributed by atoms with Crippen molar-refractivity contribution in [3.05, 3.63) is 29.8 Å². The minimum Gasteiger partial charge on any atom is -0.508 e. The van der Waals surface area contributed by atoms with Gasteiger partial charge in [-0.25, -0.2) is 4.79 Å². The normalized spacial score (nSPS) is 13.3. The number of carboxylic acids is 1. The van der Waals surface area contributed by atoms with Crippen LogP contribution >= 0.6 is 0 Å². The van der Waals surface area contributed by atoms with Crippen LogP contribution in [-0.2, 0) is 88.2 Å². The third-order valence-electron chi connectivity index (χ3n) is 16.9. The smallest absolute Gasteiger partial charge is 0.326 e. The molecular weight excluding hydrogens is 1320 g/mol. The number of phenolic OH excluding ortho intramolecular Hbond substituents is 1. The monoisotopic (exact) mass is 1440 g/mol. The first-order valence-corrected chi connectivity index (χ1v) is 37.5. The van der Waals surface area contributed by atoms with Gasteiger partial charge >= 0.3 is 5.97 Å². The van der Waals surface area contributed by atoms with Gasteiger partial charge in [0.25, 0.3) is 10.1 Å². The van der Waals surface area contributed by atoms with Gasteiger partial charge in [-0.2, -0.15) is 8.42 Å². The molecule has 0 bridgehead atoms. The molecule has 0 fully saturated rings. The Labute approximate surface area is 592 Å². The number of rotatable bonds is 67. The molecule has 29 heteroatoms. The summed E-state index contributed by atoms with van der Waals surface area (Å²) in [4.78, 5) is 141. The molecule has 0 heterocycles. The van der Waals surface area contributed by atoms with E-state index in [1.54, 1.807) is 19.1 Å². The topological polar surface area (TPSA) is 456 Å². The summed E-state index contributed by atoms with van der Waals surface area (Å²) < 4.78 is 52.1. The van der Waals surface area contributed by atoms with Crippen molar-refractivity contribution in [1.82, 2.24) is 26.6 Å². The summed E-state index contributed by atoms with van der Waals surface area (Å²) in [5.74, 6) is -7.32. The van der Waals surface area contributed by atoms with Crippen LogP contribution in [0.5, 0.6) is 5.75 Å². The number of nitrogens with one attached hydrogen (secondary N) is 6. The van der Waals surface area contributed by atoms with E-state index >= 15 is 0 Å². The summed E-state index contributed by atoms with van der Waals surface area (Å²) >= 11 is 0. The summed E-state index contributed by atoms with van der Waals surface area (Å²) in [6.45, 7) is 7.81. The molecule has 1 aromatic carbocycles. The van der Waals surface area contributed by atoms with Gasteiger partial charge in [0, 0.05) is 82.4 Å². The van der Waals surface area contributed by atoms with Crippen LogP contribution in [0.25, 0.3) is 0 Å². The Kier molecular flexibility index (Phi) is 51.2. The highest BCUT2D eigenvalue weighted by Gasteiger charge is 2.35. The van der Waals surface area contributed by atoms with Gasteiger partial charge in [-0.15, -0.1) is 0 Å². The Morgan fingerprint density at radius 2 is 1.06 bits per heavy atom. The number of unbranched alkanes of at least 4 members (excludes halogenated alkanes) is 14. The van der Waals surface area contributed by atoms with E-state index in [2.05, 4.69) is 26.6 Å². The van der Waals surface area contributed by atoms with Crippen molar-refractivity contribution in [2.24, 2.45) is 35.1 Å². The summed E-state index contributed by atoms with van der Waals surface area (Å²) in [7, 11) is -3.87. The number of phenols is 1. The molecule has 570 valence electrons. The molecule has 6 atom stereocenters. The second-order valence-corrected chi connectivity index (χ2v) is 27.9. The van der Waals surface area contributed by atoms with Crippen LogP contribution < -0.4 is 38.1 Å². The maximum absolute atomic E-state index is 14.3. The predicted octanol–water partition coefficient (Wildman–Crippen LogP) is 6.26. The predicted molar refractivity (Wildman–Crippen MR) is 378 cm³/mol. The number of amides is 5. The number of amidine groups is 1. The van der Waals surface area contributed by atoms with Crippen LogP contribution in [0.15, 0.2) is 24.3 Å². The first-order valence-electron chi connectivity index (χ1n) is 35.9. The molecule has 0 spiro atoms. The van der Waals surface area contributed by atoms with E-state index in [-0.39, 0.29) is 188 Å². The van der Waals surface area contributed by atoms with Crippen molar-refractivity contribution in [3.8, 4) is 5.75 Å². The lowest BCUT2D eigenvalue weighted by Gasteiger charge is -2.28. The Morgan fingerprint density at radius 3 is 1.65 bits per heavy atom. The average molecular weight is 1440 g/mol. The van der Waals surface area contributed by atoms with Crippen molar-refractivity contribution in [2.75, 3.05) is 78.2 Å². The Bertz CT molecular complexity index is 2720. The fraction of sp³-hybridized carbons (Fsp3) is 0.746. The van der Waals surface area contributed by atoms with Crippen molar-refractivity contribution in [1.29, 1.82) is 5.41 Å². The van der Waals surface area contributed by atoms with Crippen LogP contribution in [0.1, 0.15) is 219 Å². The Balaban J connectivity index is 2.30. The standard InChI is InChI=1S/C71H120N8O20S/c1-51(2)45-58(83)48-77-61(69(89)52(3)59(24-17-18-26-64(72)73)63(84)47-55(70(74)90)46-54-28-30-56(81)31-29-54)25-19-20-36-75-68(88)50-99-43-40-96-38-22-23-57(82)49-98-42-41-97-39-37-76-65(85)34-33-62(71(91)92)79-67(87)35-32-60(53(4)80)78-66(86)27-16-14-12-10-8-6-5-7-9-11-13-15-21-44-100(93,94)95/h28-31,51-52,55,59-62,77,81H,5-27,32-50H2,1-4H3,(H3,72,73)(H2,74,90)(H,75,88)(H,76,85)(H,78,86)(H,79,87)(H,91,92)(H,93,94,95)/t52?,55-,59-,60+,61+,62+/m1/s1. The number of ether oxygens (including phenoxy) is 4. The quantitative estimate of drug-likeness (QED) is 0.0148. The fourth-order valence-corrected chi connectivity index (χ4v) is 11.7. The van der Waals surface area contributed by atoms with E-state index in [1.165, 1.54) is 19.1 Å². The highest BCUT2D eigenvalue weighted by molar-refractivity contribution is 7.85. The highest BCUT2D eigenvalue weighted by atomic mass is 32.2. The number of primary amides is 1. The molecule has 1 aromatic rings. The maximum atomic E-state index is 14.3. The van der Waals surface area contributed by atoms with Gasteiger partial charge < -0.3 is 67.2 Å². The van der Waals surface area contributed by atoms with Gasteiger partial charge in [0.15, 0.2) is 17.3 Å². The zero-order valence-electron chi connectivity index (χ0n) is 59.9. The van der Waals surface area contributed by atoms with Gasteiger partial charge in [0.2, 0.25) is 29.5 Å². The lowest BCUT2D eigenvalue weighted by molar-refractivity contribution is -0.142. The van der Waals surface area contributed by atoms with Crippen LogP contribution in [0.4, 0.5) is 0 Å². The van der Waals surface area contributed by atoms with E-state index in [0.717, 1.165) is 70.6 Å². The van der Waals surface area contributed by atoms with Crippen molar-refractivity contribution >= 4 is 80.4 Å². The second-order valence-electron chi connectivity index (χ2n) is 26.3. The second kappa shape index (κ2) is 56.0. The number of hydrogen-bond acceptors (Lipinski definition) is 20. The number of nitrogens with two attached hydrogens (primary N) is 2. The fourth-order valence-electron chi connectivity index (χ4n) is 11.1. The lowest BCUT2D eigenvalue weighted by Crippen LogP contribution is -2.45. The number of carbonyl (C=O) groups is 11. The Morgan fingerprint density at radius 1 is 0.530 bits per heavy atom. The van der Waals surface area contributed by atoms with Crippen LogP contribution in [0.3, 0.4) is 0 Å². The maximum Gasteiger partial charge on any atom is 0.326 e. The minimum absolute atomic E-state index is 0.00639. The van der Waals surface area contributed by atoms with Crippen molar-refractivity contribution < 1.29 is 94.9 Å². The van der Waals surface area contributed by atoms with E-state index in [1.807, 2.05) is 13.8 Å². The number of carbonyl (C=O) groups excluding carboxylic acids is 10. The molecule has 0 aliphatic carbocycles. The molecule has 1 unspecified atom stereocenters. The third-order valence-corrected chi connectivity index (χ3v) is 17.7. The number of aromatic hydroxyl groups is 1. The van der Waals surface area contributed by atoms with Gasteiger partial charge in [-0.1, -0.05) is 110 Å². The highest BCUT2D eigenvalue weighted by Crippen LogP contribution is 2.28. The molecule has 0 radical (unpaired) electrons. The molecule has 28 nitrogen and oxygen atoms in total. The van der Waals surface area contributed by atoms with Gasteiger partial charge in [0.05, 0.1) is 63.3 Å². The zero-order valence-corrected chi connectivity index (χ0v) is 60.7. The zero-order chi connectivity index (χ0) is 74.5. The molecule has 1 rings (SSSR count). The number of hydrogen-bond donors (Lipinski definition) is 11. The largest absolute Gasteiger partial charge is 0.508 e. The SMILES string of the molecule is CC(=O)[C@H](CCC(=O)N[C@@H](CCC(=O)NCCOCCOCC(=O)CCCOCCOCC(=O)NCCCC[C@H](NCC(=O)CC(C)C)C(=O)C(C)[C@@H](CCCCC(=N)N)C(=O)C[C@@H](Cc1ccc(O)cc1)C(N)=O)C(=O)O)NC(=O)CCCCCCCCCCCCCCCS(=O)(=O)O. The molecular formula is C71H120N8O20S. The van der Waals surface area contributed by atoms with Crippen LogP contribution in [0.2, 0.25) is 0 Å². The molecule has 0 saturated heterocycles. The van der Waals surface area contributed by atoms with Crippen molar-refractivity contribution in [3.63, 3.8) is 0 Å². The molecule has 100 heavy (non-hydrogen) atoms. The molecule has 13 N–H and O–H groups in total. The summed E-state index contributed by atoms with van der Waals surface area (Å²) in [6.07, 6.45) is 15.9. The van der Waals surface area contributed by atoms with Gasteiger partial charge in [-0.05, 0) is 101 Å². The van der Waals surface area contributed by atoms with Gasteiger partial charge in [-0.3, -0.25) is 57.9 Å². The third kappa shape index (κ3) is 49.8. The van der Waals surface area contributed by atoms with Crippen molar-refractivity contribution in [2.45, 2.75) is 238 Å². The Hall–Kier alpha value is -6.63. The molecule has 0 saturated carbocycles. The van der Waals surface area contributed by atoms with E-state index in [0.29, 0.717) is 76.2 Å². The molecule has 5 amide bonds.